The molecule has 0 amide bonds. The van der Waals surface area contributed by atoms with E-state index in [2.05, 4.69) is 34.6 Å². The van der Waals surface area contributed by atoms with Crippen LogP contribution < -0.4 is 0 Å². The second-order valence-corrected chi connectivity index (χ2v) is 13.1. The molecule has 0 saturated heterocycles. The first-order valence-electron chi connectivity index (χ1n) is 12.6. The first kappa shape index (κ1) is 22.4. The Morgan fingerprint density at radius 3 is 2.50 bits per heavy atom. The molecule has 0 aromatic carbocycles. The van der Waals surface area contributed by atoms with Gasteiger partial charge in [0.2, 0.25) is 0 Å². The minimum atomic E-state index is -0.456. The van der Waals surface area contributed by atoms with Gasteiger partial charge in [0, 0.05) is 23.3 Å². The number of cyclic esters (lactones) is 1. The second-order valence-electron chi connectivity index (χ2n) is 13.1. The van der Waals surface area contributed by atoms with Crippen LogP contribution in [0.25, 0.3) is 0 Å². The minimum Gasteiger partial charge on any atom is -0.462 e. The van der Waals surface area contributed by atoms with E-state index in [0.29, 0.717) is 24.9 Å². The van der Waals surface area contributed by atoms with Gasteiger partial charge in [0.25, 0.3) is 0 Å². The number of rotatable bonds is 1. The number of ether oxygens (including phenoxy) is 2. The molecule has 32 heavy (non-hydrogen) atoms. The Balaban J connectivity index is 1.52. The molecule has 5 aliphatic rings. The van der Waals surface area contributed by atoms with Gasteiger partial charge >= 0.3 is 11.9 Å². The van der Waals surface area contributed by atoms with Crippen LogP contribution in [0.4, 0.5) is 0 Å². The Morgan fingerprint density at radius 2 is 1.81 bits per heavy atom. The molecule has 1 heterocycles. The standard InChI is InChI=1S/C27H40O5/c1-15(28)32-20-8-10-26(5)19(24(20,2)3)7-9-25(4)12-17-11-16-14-31-23(30)18(16)13-27(17,6)22(29)21(25)26/h17,19-22,29H,7-14H2,1-6H3/t17-,19-,20-,21-,22+,25-,26-,27+/m0/s1. The van der Waals surface area contributed by atoms with E-state index >= 15 is 0 Å². The number of hydrogen-bond donors (Lipinski definition) is 1. The van der Waals surface area contributed by atoms with E-state index in [9.17, 15) is 14.7 Å². The SMILES string of the molecule is CC(=O)O[C@H]1CC[C@@]2(C)[C@@H](CC[C@@]3(C)C[C@@H]4CC5=C(C[C@@]4(C)[C@H](O)[C@@H]32)C(=O)OC5)C1(C)C. The van der Waals surface area contributed by atoms with Crippen LogP contribution in [-0.4, -0.2) is 35.9 Å². The van der Waals surface area contributed by atoms with E-state index in [1.807, 2.05) is 0 Å². The number of fused-ring (bicyclic) bond motifs is 4. The van der Waals surface area contributed by atoms with Crippen LogP contribution in [0.3, 0.4) is 0 Å². The monoisotopic (exact) mass is 444 g/mol. The van der Waals surface area contributed by atoms with E-state index in [-0.39, 0.29) is 45.6 Å². The van der Waals surface area contributed by atoms with Crippen molar-refractivity contribution in [1.82, 2.24) is 0 Å². The van der Waals surface area contributed by atoms with Crippen LogP contribution in [0.15, 0.2) is 11.1 Å². The molecule has 1 N–H and O–H groups in total. The third-order valence-corrected chi connectivity index (χ3v) is 11.0. The van der Waals surface area contributed by atoms with Crippen molar-refractivity contribution in [2.24, 2.45) is 39.4 Å². The van der Waals surface area contributed by atoms with Gasteiger partial charge in [0.1, 0.15) is 12.7 Å². The lowest BCUT2D eigenvalue weighted by molar-refractivity contribution is -0.249. The van der Waals surface area contributed by atoms with Crippen LogP contribution in [0.5, 0.6) is 0 Å². The third-order valence-electron chi connectivity index (χ3n) is 11.0. The fourth-order valence-corrected chi connectivity index (χ4v) is 9.45. The summed E-state index contributed by atoms with van der Waals surface area (Å²) in [6.07, 6.45) is 6.13. The number of esters is 2. The van der Waals surface area contributed by atoms with Gasteiger partial charge in [-0.15, -0.1) is 0 Å². The lowest BCUT2D eigenvalue weighted by atomic mass is 9.36. The fraction of sp³-hybridized carbons (Fsp3) is 0.852. The highest BCUT2D eigenvalue weighted by molar-refractivity contribution is 5.92. The number of aliphatic hydroxyl groups excluding tert-OH is 1. The predicted octanol–water partition coefficient (Wildman–Crippen LogP) is 4.81. The van der Waals surface area contributed by atoms with E-state index < -0.39 is 6.10 Å². The van der Waals surface area contributed by atoms with Crippen molar-refractivity contribution >= 4 is 11.9 Å². The van der Waals surface area contributed by atoms with Crippen LogP contribution >= 0.6 is 0 Å². The second kappa shape index (κ2) is 6.84. The van der Waals surface area contributed by atoms with Gasteiger partial charge in [0.05, 0.1) is 6.10 Å². The molecule has 0 spiro atoms. The molecule has 178 valence electrons. The molecule has 3 fully saturated rings. The zero-order valence-electron chi connectivity index (χ0n) is 20.6. The summed E-state index contributed by atoms with van der Waals surface area (Å²) in [7, 11) is 0. The molecule has 3 saturated carbocycles. The van der Waals surface area contributed by atoms with Crippen molar-refractivity contribution in [1.29, 1.82) is 0 Å². The topological polar surface area (TPSA) is 72.8 Å². The molecule has 8 atom stereocenters. The van der Waals surface area contributed by atoms with Crippen LogP contribution in [-0.2, 0) is 19.1 Å². The Kier molecular flexibility index (Phi) is 4.79. The van der Waals surface area contributed by atoms with Crippen molar-refractivity contribution in [3.05, 3.63) is 11.1 Å². The fourth-order valence-electron chi connectivity index (χ4n) is 9.45. The smallest absolute Gasteiger partial charge is 0.334 e. The summed E-state index contributed by atoms with van der Waals surface area (Å²) >= 11 is 0. The normalized spacial score (nSPS) is 49.3. The molecule has 0 aromatic rings. The summed E-state index contributed by atoms with van der Waals surface area (Å²) in [6.45, 7) is 13.5. The van der Waals surface area contributed by atoms with Gasteiger partial charge in [-0.2, -0.15) is 0 Å². The molecular formula is C27H40O5. The summed E-state index contributed by atoms with van der Waals surface area (Å²) in [6, 6.07) is 0. The van der Waals surface area contributed by atoms with Crippen LogP contribution in [0.1, 0.15) is 86.5 Å². The lowest BCUT2D eigenvalue weighted by Crippen LogP contribution is -2.67. The van der Waals surface area contributed by atoms with Gasteiger partial charge < -0.3 is 14.6 Å². The highest BCUT2D eigenvalue weighted by atomic mass is 16.5. The van der Waals surface area contributed by atoms with Gasteiger partial charge in [-0.3, -0.25) is 4.79 Å². The highest BCUT2D eigenvalue weighted by Crippen LogP contribution is 2.72. The first-order valence-corrected chi connectivity index (χ1v) is 12.6. The Hall–Kier alpha value is -1.36. The van der Waals surface area contributed by atoms with Crippen molar-refractivity contribution in [3.63, 3.8) is 0 Å². The number of hydrogen-bond acceptors (Lipinski definition) is 5. The Morgan fingerprint density at radius 1 is 1.09 bits per heavy atom. The molecule has 0 unspecified atom stereocenters. The zero-order valence-corrected chi connectivity index (χ0v) is 20.6. The molecule has 5 nitrogen and oxygen atoms in total. The van der Waals surface area contributed by atoms with Crippen LogP contribution in [0, 0.1) is 39.4 Å². The maximum absolute atomic E-state index is 12.4. The zero-order chi connectivity index (χ0) is 23.3. The van der Waals surface area contributed by atoms with Gasteiger partial charge in [-0.25, -0.2) is 4.79 Å². The summed E-state index contributed by atoms with van der Waals surface area (Å²) in [4.78, 5) is 24.2. The number of carbonyl (C=O) groups is 2. The summed E-state index contributed by atoms with van der Waals surface area (Å²) < 4.78 is 11.2. The van der Waals surface area contributed by atoms with Crippen LogP contribution in [0.2, 0.25) is 0 Å². The average Bonchev–Trinajstić information content (AvgIpc) is 3.02. The van der Waals surface area contributed by atoms with Gasteiger partial charge in [-0.05, 0) is 79.1 Å². The summed E-state index contributed by atoms with van der Waals surface area (Å²) in [5, 5.41) is 12.2. The lowest BCUT2D eigenvalue weighted by Gasteiger charge is -2.69. The van der Waals surface area contributed by atoms with E-state index in [1.165, 1.54) is 12.5 Å². The predicted molar refractivity (Wildman–Crippen MR) is 120 cm³/mol. The molecule has 0 radical (unpaired) electrons. The molecule has 5 heteroatoms. The largest absolute Gasteiger partial charge is 0.462 e. The maximum atomic E-state index is 12.4. The molecule has 4 aliphatic carbocycles. The molecule has 0 aromatic heterocycles. The minimum absolute atomic E-state index is 0.0224. The molecule has 1 aliphatic heterocycles. The quantitative estimate of drug-likeness (QED) is 0.588. The van der Waals surface area contributed by atoms with E-state index in [4.69, 9.17) is 9.47 Å². The number of aliphatic hydroxyl groups is 1. The Labute approximate surface area is 192 Å². The molecule has 0 bridgehead atoms. The Bertz CT molecular complexity index is 888. The third kappa shape index (κ3) is 2.85. The molecular weight excluding hydrogens is 404 g/mol. The summed E-state index contributed by atoms with van der Waals surface area (Å²) in [5.41, 5.74) is 1.65. The average molecular weight is 445 g/mol. The van der Waals surface area contributed by atoms with Crippen molar-refractivity contribution < 1.29 is 24.2 Å². The van der Waals surface area contributed by atoms with Crippen molar-refractivity contribution in [3.8, 4) is 0 Å². The van der Waals surface area contributed by atoms with E-state index in [0.717, 1.165) is 44.1 Å². The first-order chi connectivity index (χ1) is 14.8. The number of carbonyl (C=O) groups excluding carboxylic acids is 2. The van der Waals surface area contributed by atoms with E-state index in [1.54, 1.807) is 0 Å². The van der Waals surface area contributed by atoms with Gasteiger partial charge in [0.15, 0.2) is 0 Å². The molecule has 5 rings (SSSR count). The summed E-state index contributed by atoms with van der Waals surface area (Å²) in [5.74, 6) is 0.575. The van der Waals surface area contributed by atoms with Gasteiger partial charge in [-0.1, -0.05) is 34.6 Å². The van der Waals surface area contributed by atoms with Crippen molar-refractivity contribution in [2.45, 2.75) is 98.7 Å². The van der Waals surface area contributed by atoms with Crippen molar-refractivity contribution in [2.75, 3.05) is 6.61 Å². The highest BCUT2D eigenvalue weighted by Gasteiger charge is 2.68. The maximum Gasteiger partial charge on any atom is 0.334 e.